The van der Waals surface area contributed by atoms with Crippen LogP contribution in [-0.4, -0.2) is 31.0 Å². The van der Waals surface area contributed by atoms with Crippen molar-refractivity contribution in [3.63, 3.8) is 0 Å². The topological polar surface area (TPSA) is 81.8 Å². The number of para-hydroxylation sites is 1. The summed E-state index contributed by atoms with van der Waals surface area (Å²) in [5, 5.41) is 8.39. The summed E-state index contributed by atoms with van der Waals surface area (Å²) in [6.45, 7) is 2.00. The van der Waals surface area contributed by atoms with Gasteiger partial charge < -0.3 is 5.32 Å². The van der Waals surface area contributed by atoms with Gasteiger partial charge in [0.05, 0.1) is 17.9 Å². The molecule has 1 unspecified atom stereocenters. The first-order valence-electron chi connectivity index (χ1n) is 9.76. The Kier molecular flexibility index (Phi) is 5.15. The van der Waals surface area contributed by atoms with Crippen LogP contribution in [0.5, 0.6) is 0 Å². The van der Waals surface area contributed by atoms with Gasteiger partial charge in [-0.3, -0.25) is 14.2 Å². The van der Waals surface area contributed by atoms with Gasteiger partial charge in [-0.25, -0.2) is 9.67 Å². The lowest BCUT2D eigenvalue weighted by Gasteiger charge is -2.14. The van der Waals surface area contributed by atoms with Crippen LogP contribution in [0.15, 0.2) is 69.2 Å². The second-order valence-electron chi connectivity index (χ2n) is 7.38. The van der Waals surface area contributed by atoms with Crippen LogP contribution in [0, 0.1) is 6.92 Å². The van der Waals surface area contributed by atoms with Crippen molar-refractivity contribution in [2.75, 3.05) is 11.1 Å². The largest absolute Gasteiger partial charge is 0.326 e. The zero-order valence-electron chi connectivity index (χ0n) is 16.6. The maximum Gasteiger partial charge on any atom is 0.265 e. The minimum absolute atomic E-state index is 0.140. The molecule has 0 bridgehead atoms. The lowest BCUT2D eigenvalue weighted by molar-refractivity contribution is -0.116. The highest BCUT2D eigenvalue weighted by Crippen LogP contribution is 2.33. The average Bonchev–Trinajstić information content (AvgIpc) is 3.33. The van der Waals surface area contributed by atoms with Crippen molar-refractivity contribution >= 4 is 50.3 Å². The van der Waals surface area contributed by atoms with Crippen LogP contribution in [0.4, 0.5) is 5.69 Å². The van der Waals surface area contributed by atoms with Gasteiger partial charge in [-0.05, 0) is 36.8 Å². The van der Waals surface area contributed by atoms with Gasteiger partial charge in [0, 0.05) is 22.3 Å². The normalized spacial score (nSPS) is 15.2. The minimum Gasteiger partial charge on any atom is -0.326 e. The van der Waals surface area contributed by atoms with Crippen LogP contribution in [0.25, 0.3) is 16.7 Å². The lowest BCUT2D eigenvalue weighted by atomic mass is 10.2. The number of carbonyl (C=O) groups is 1. The minimum atomic E-state index is -0.252. The first kappa shape index (κ1) is 20.0. The number of hydrogen-bond donors (Lipinski definition) is 1. The van der Waals surface area contributed by atoms with Crippen LogP contribution in [0.3, 0.4) is 0 Å². The molecule has 0 saturated carbocycles. The van der Waals surface area contributed by atoms with Crippen molar-refractivity contribution in [2.45, 2.75) is 24.5 Å². The molecule has 0 radical (unpaired) electrons. The number of aryl methyl sites for hydroxylation is 1. The Morgan fingerprint density at radius 3 is 2.90 bits per heavy atom. The fourth-order valence-electron chi connectivity index (χ4n) is 3.75. The second-order valence-corrected chi connectivity index (χ2v) is 9.28. The summed E-state index contributed by atoms with van der Waals surface area (Å²) in [7, 11) is 0. The Balaban J connectivity index is 1.46. The number of aromatic nitrogens is 4. The van der Waals surface area contributed by atoms with Crippen LogP contribution in [0.1, 0.15) is 18.0 Å². The number of rotatable bonds is 4. The number of thioether (sulfide) groups is 1. The van der Waals surface area contributed by atoms with E-state index in [9.17, 15) is 9.59 Å². The van der Waals surface area contributed by atoms with Gasteiger partial charge in [0.1, 0.15) is 5.39 Å². The Labute approximate surface area is 190 Å². The van der Waals surface area contributed by atoms with Gasteiger partial charge in [-0.15, -0.1) is 0 Å². The molecule has 1 aliphatic rings. The number of nitrogens with zero attached hydrogens (tertiary/aromatic N) is 4. The van der Waals surface area contributed by atoms with Crippen LogP contribution in [-0.2, 0) is 4.79 Å². The number of nitrogens with one attached hydrogen (secondary N) is 1. The van der Waals surface area contributed by atoms with Crippen molar-refractivity contribution in [3.8, 4) is 5.69 Å². The summed E-state index contributed by atoms with van der Waals surface area (Å²) < 4.78 is 4.23. The molecule has 31 heavy (non-hydrogen) atoms. The Morgan fingerprint density at radius 2 is 2.10 bits per heavy atom. The van der Waals surface area contributed by atoms with Crippen LogP contribution < -0.4 is 10.9 Å². The standard InChI is InChI=1S/C22H18BrN5O2S/c1-13-5-2-3-8-18(13)28-20-17(11-24-28)21(30)27-16(12-31-22(27)26-20)10-19(29)25-15-7-4-6-14(23)9-15/h2-9,11,16H,10,12H2,1H3,(H,25,29). The average molecular weight is 496 g/mol. The van der Waals surface area contributed by atoms with Crippen molar-refractivity contribution in [1.29, 1.82) is 0 Å². The van der Waals surface area contributed by atoms with Gasteiger partial charge in [0.15, 0.2) is 10.8 Å². The molecule has 0 fully saturated rings. The first-order chi connectivity index (χ1) is 15.0. The van der Waals surface area contributed by atoms with Crippen molar-refractivity contribution in [1.82, 2.24) is 19.3 Å². The molecule has 1 N–H and O–H groups in total. The van der Waals surface area contributed by atoms with E-state index in [2.05, 4.69) is 26.3 Å². The van der Waals surface area contributed by atoms with E-state index in [0.29, 0.717) is 27.6 Å². The number of amides is 1. The molecule has 0 spiro atoms. The van der Waals surface area contributed by atoms with Gasteiger partial charge in [0.25, 0.3) is 5.56 Å². The van der Waals surface area contributed by atoms with E-state index in [1.165, 1.54) is 11.8 Å². The molecular formula is C22H18BrN5O2S. The Hall–Kier alpha value is -2.91. The molecule has 1 atom stereocenters. The first-order valence-corrected chi connectivity index (χ1v) is 11.5. The summed E-state index contributed by atoms with van der Waals surface area (Å²) in [4.78, 5) is 30.6. The zero-order valence-corrected chi connectivity index (χ0v) is 19.0. The monoisotopic (exact) mass is 495 g/mol. The van der Waals surface area contributed by atoms with Gasteiger partial charge in [0.2, 0.25) is 5.91 Å². The molecule has 3 heterocycles. The molecule has 2 aromatic heterocycles. The summed E-state index contributed by atoms with van der Waals surface area (Å²) in [6, 6.07) is 15.0. The molecule has 0 saturated heterocycles. The van der Waals surface area contributed by atoms with Gasteiger partial charge in [-0.2, -0.15) is 5.10 Å². The highest BCUT2D eigenvalue weighted by molar-refractivity contribution is 9.10. The van der Waals surface area contributed by atoms with E-state index in [1.54, 1.807) is 15.4 Å². The molecule has 9 heteroatoms. The lowest BCUT2D eigenvalue weighted by Crippen LogP contribution is -2.27. The fraction of sp³-hybridized carbons (Fsp3) is 0.182. The fourth-order valence-corrected chi connectivity index (χ4v) is 5.28. The third-order valence-electron chi connectivity index (χ3n) is 5.24. The van der Waals surface area contributed by atoms with Gasteiger partial charge >= 0.3 is 0 Å². The maximum absolute atomic E-state index is 13.3. The number of hydrogen-bond acceptors (Lipinski definition) is 5. The highest BCUT2D eigenvalue weighted by Gasteiger charge is 2.29. The smallest absolute Gasteiger partial charge is 0.265 e. The molecular weight excluding hydrogens is 478 g/mol. The molecule has 2 aromatic carbocycles. The summed E-state index contributed by atoms with van der Waals surface area (Å²) >= 11 is 4.89. The molecule has 156 valence electrons. The summed E-state index contributed by atoms with van der Waals surface area (Å²) in [5.41, 5.74) is 3.03. The predicted octanol–water partition coefficient (Wildman–Crippen LogP) is 4.33. The second kappa shape index (κ2) is 7.97. The number of fused-ring (bicyclic) bond motifs is 2. The quantitative estimate of drug-likeness (QED) is 0.426. The maximum atomic E-state index is 13.3. The van der Waals surface area contributed by atoms with E-state index >= 15 is 0 Å². The predicted molar refractivity (Wildman–Crippen MR) is 125 cm³/mol. The highest BCUT2D eigenvalue weighted by atomic mass is 79.9. The third-order valence-corrected chi connectivity index (χ3v) is 6.83. The van der Waals surface area contributed by atoms with Gasteiger partial charge in [-0.1, -0.05) is 52.0 Å². The SMILES string of the molecule is Cc1ccccc1-n1ncc2c(=O)n3c(nc21)SCC3CC(=O)Nc1cccc(Br)c1. The van der Waals surface area contributed by atoms with E-state index in [1.807, 2.05) is 55.5 Å². The molecule has 4 aromatic rings. The van der Waals surface area contributed by atoms with E-state index in [-0.39, 0.29) is 23.9 Å². The van der Waals surface area contributed by atoms with E-state index < -0.39 is 0 Å². The number of anilines is 1. The molecule has 0 aliphatic carbocycles. The zero-order chi connectivity index (χ0) is 21.5. The molecule has 7 nitrogen and oxygen atoms in total. The van der Waals surface area contributed by atoms with Crippen molar-refractivity contribution in [2.24, 2.45) is 0 Å². The van der Waals surface area contributed by atoms with Crippen molar-refractivity contribution in [3.05, 3.63) is 75.1 Å². The summed E-state index contributed by atoms with van der Waals surface area (Å²) in [5.74, 6) is 0.484. The van der Waals surface area contributed by atoms with Crippen LogP contribution >= 0.6 is 27.7 Å². The molecule has 5 rings (SSSR count). The molecule has 1 amide bonds. The van der Waals surface area contributed by atoms with Crippen molar-refractivity contribution < 1.29 is 4.79 Å². The van der Waals surface area contributed by atoms with E-state index in [4.69, 9.17) is 4.98 Å². The Bertz CT molecular complexity index is 1380. The number of carbonyl (C=O) groups excluding carboxylic acids is 1. The Morgan fingerprint density at radius 1 is 1.26 bits per heavy atom. The molecule has 1 aliphatic heterocycles. The number of halogens is 1. The number of benzene rings is 2. The third kappa shape index (κ3) is 3.68. The van der Waals surface area contributed by atoms with Crippen LogP contribution in [0.2, 0.25) is 0 Å². The summed E-state index contributed by atoms with van der Waals surface area (Å²) in [6.07, 6.45) is 1.76. The van der Waals surface area contributed by atoms with E-state index in [0.717, 1.165) is 15.7 Å².